The van der Waals surface area contributed by atoms with Crippen molar-refractivity contribution < 1.29 is 12.9 Å². The van der Waals surface area contributed by atoms with Crippen LogP contribution >= 0.6 is 11.6 Å². The van der Waals surface area contributed by atoms with E-state index in [4.69, 9.17) is 16.1 Å². The summed E-state index contributed by atoms with van der Waals surface area (Å²) in [5.74, 6) is 0.444. The fourth-order valence-corrected chi connectivity index (χ4v) is 3.62. The van der Waals surface area contributed by atoms with Crippen molar-refractivity contribution in [2.24, 2.45) is 0 Å². The third-order valence-corrected chi connectivity index (χ3v) is 5.71. The standard InChI is InChI=1S/C17H16ClN3O3S/c1-21(25(22,23)12-13-7-3-2-4-8-13)11-16-19-17(20-24-16)14-9-5-6-10-15(14)18/h2-10H,11-12H2,1H3. The van der Waals surface area contributed by atoms with E-state index in [1.54, 1.807) is 42.5 Å². The fraction of sp³-hybridized carbons (Fsp3) is 0.176. The van der Waals surface area contributed by atoms with Crippen LogP contribution in [0.5, 0.6) is 0 Å². The highest BCUT2D eigenvalue weighted by Gasteiger charge is 2.21. The zero-order chi connectivity index (χ0) is 17.9. The number of aromatic nitrogens is 2. The largest absolute Gasteiger partial charge is 0.338 e. The maximum Gasteiger partial charge on any atom is 0.242 e. The van der Waals surface area contributed by atoms with E-state index in [9.17, 15) is 8.42 Å². The van der Waals surface area contributed by atoms with E-state index in [2.05, 4.69) is 10.1 Å². The average molecular weight is 378 g/mol. The Morgan fingerprint density at radius 3 is 2.48 bits per heavy atom. The first-order valence-electron chi connectivity index (χ1n) is 7.51. The van der Waals surface area contributed by atoms with Crippen LogP contribution in [0.2, 0.25) is 5.02 Å². The van der Waals surface area contributed by atoms with Crippen LogP contribution in [0.4, 0.5) is 0 Å². The first kappa shape index (κ1) is 17.6. The van der Waals surface area contributed by atoms with Gasteiger partial charge in [0.1, 0.15) is 0 Å². The molecule has 0 aliphatic carbocycles. The molecule has 25 heavy (non-hydrogen) atoms. The molecule has 1 aromatic heterocycles. The topological polar surface area (TPSA) is 76.3 Å². The monoisotopic (exact) mass is 377 g/mol. The summed E-state index contributed by atoms with van der Waals surface area (Å²) in [7, 11) is -2.01. The van der Waals surface area contributed by atoms with Gasteiger partial charge in [-0.3, -0.25) is 0 Å². The highest BCUT2D eigenvalue weighted by atomic mass is 35.5. The molecule has 0 amide bonds. The molecule has 0 aliphatic heterocycles. The van der Waals surface area contributed by atoms with Crippen molar-refractivity contribution in [2.75, 3.05) is 7.05 Å². The van der Waals surface area contributed by atoms with Gasteiger partial charge in [0.25, 0.3) is 0 Å². The second-order valence-electron chi connectivity index (χ2n) is 5.49. The number of hydrogen-bond acceptors (Lipinski definition) is 5. The quantitative estimate of drug-likeness (QED) is 0.658. The van der Waals surface area contributed by atoms with Crippen LogP contribution in [0.25, 0.3) is 11.4 Å². The van der Waals surface area contributed by atoms with E-state index in [0.717, 1.165) is 5.56 Å². The van der Waals surface area contributed by atoms with E-state index >= 15 is 0 Å². The number of halogens is 1. The van der Waals surface area contributed by atoms with Crippen molar-refractivity contribution in [3.05, 3.63) is 71.1 Å². The molecule has 8 heteroatoms. The van der Waals surface area contributed by atoms with Gasteiger partial charge in [-0.25, -0.2) is 8.42 Å². The highest BCUT2D eigenvalue weighted by molar-refractivity contribution is 7.88. The van der Waals surface area contributed by atoms with E-state index in [1.165, 1.54) is 11.4 Å². The van der Waals surface area contributed by atoms with Crippen molar-refractivity contribution >= 4 is 21.6 Å². The molecule has 0 radical (unpaired) electrons. The van der Waals surface area contributed by atoms with Crippen LogP contribution < -0.4 is 0 Å². The molecule has 0 bridgehead atoms. The van der Waals surface area contributed by atoms with Crippen LogP contribution in [-0.4, -0.2) is 29.9 Å². The van der Waals surface area contributed by atoms with E-state index < -0.39 is 10.0 Å². The van der Waals surface area contributed by atoms with Crippen LogP contribution in [0.3, 0.4) is 0 Å². The molecule has 0 atom stereocenters. The summed E-state index contributed by atoms with van der Waals surface area (Å²) >= 11 is 6.11. The Balaban J connectivity index is 1.73. The molecular weight excluding hydrogens is 362 g/mol. The predicted octanol–water partition coefficient (Wildman–Crippen LogP) is 3.35. The van der Waals surface area contributed by atoms with Gasteiger partial charge in [0.05, 0.1) is 17.3 Å². The summed E-state index contributed by atoms with van der Waals surface area (Å²) in [5.41, 5.74) is 1.35. The number of benzene rings is 2. The molecular formula is C17H16ClN3O3S. The maximum atomic E-state index is 12.5. The molecule has 3 aromatic rings. The van der Waals surface area contributed by atoms with Crippen LogP contribution in [-0.2, 0) is 22.3 Å². The molecule has 2 aromatic carbocycles. The average Bonchev–Trinajstić information content (AvgIpc) is 3.04. The Hall–Kier alpha value is -2.22. The summed E-state index contributed by atoms with van der Waals surface area (Å²) < 4.78 is 31.3. The zero-order valence-corrected chi connectivity index (χ0v) is 15.0. The van der Waals surface area contributed by atoms with Crippen molar-refractivity contribution in [3.63, 3.8) is 0 Å². The van der Waals surface area contributed by atoms with Gasteiger partial charge < -0.3 is 4.52 Å². The Morgan fingerprint density at radius 2 is 1.76 bits per heavy atom. The van der Waals surface area contributed by atoms with Crippen LogP contribution in [0.1, 0.15) is 11.5 Å². The fourth-order valence-electron chi connectivity index (χ4n) is 2.25. The minimum atomic E-state index is -3.50. The summed E-state index contributed by atoms with van der Waals surface area (Å²) in [4.78, 5) is 4.23. The minimum absolute atomic E-state index is 0.00732. The predicted molar refractivity (Wildman–Crippen MR) is 95.3 cm³/mol. The van der Waals surface area contributed by atoms with Crippen molar-refractivity contribution in [1.82, 2.24) is 14.4 Å². The smallest absolute Gasteiger partial charge is 0.242 e. The number of sulfonamides is 1. The van der Waals surface area contributed by atoms with Crippen LogP contribution in [0, 0.1) is 0 Å². The molecule has 1 heterocycles. The lowest BCUT2D eigenvalue weighted by Crippen LogP contribution is -2.27. The summed E-state index contributed by atoms with van der Waals surface area (Å²) in [5, 5.41) is 4.37. The van der Waals surface area contributed by atoms with Crippen molar-refractivity contribution in [2.45, 2.75) is 12.3 Å². The normalized spacial score (nSPS) is 11.8. The second-order valence-corrected chi connectivity index (χ2v) is 7.97. The second kappa shape index (κ2) is 7.35. The molecule has 0 N–H and O–H groups in total. The SMILES string of the molecule is CN(Cc1nc(-c2ccccc2Cl)no1)S(=O)(=O)Cc1ccccc1. The summed E-state index contributed by atoms with van der Waals surface area (Å²) in [6.45, 7) is -0.00732. The third kappa shape index (κ3) is 4.25. The number of nitrogens with zero attached hydrogens (tertiary/aromatic N) is 3. The van der Waals surface area contributed by atoms with Gasteiger partial charge >= 0.3 is 0 Å². The molecule has 3 rings (SSSR count). The molecule has 130 valence electrons. The van der Waals surface area contributed by atoms with Crippen molar-refractivity contribution in [1.29, 1.82) is 0 Å². The highest BCUT2D eigenvalue weighted by Crippen LogP contribution is 2.25. The van der Waals surface area contributed by atoms with Crippen LogP contribution in [0.15, 0.2) is 59.1 Å². The summed E-state index contributed by atoms with van der Waals surface area (Å²) in [6, 6.07) is 16.1. The summed E-state index contributed by atoms with van der Waals surface area (Å²) in [6.07, 6.45) is 0. The van der Waals surface area contributed by atoms with E-state index in [0.29, 0.717) is 16.4 Å². The third-order valence-electron chi connectivity index (χ3n) is 3.61. The molecule has 0 spiro atoms. The molecule has 0 unspecified atom stereocenters. The maximum absolute atomic E-state index is 12.5. The Labute approximate surface area is 151 Å². The van der Waals surface area contributed by atoms with Gasteiger partial charge in [0.2, 0.25) is 21.7 Å². The molecule has 6 nitrogen and oxygen atoms in total. The lowest BCUT2D eigenvalue weighted by Gasteiger charge is -2.14. The first-order chi connectivity index (χ1) is 12.0. The first-order valence-corrected chi connectivity index (χ1v) is 9.50. The van der Waals surface area contributed by atoms with Gasteiger partial charge in [-0.05, 0) is 17.7 Å². The molecule has 0 saturated carbocycles. The van der Waals surface area contributed by atoms with E-state index in [1.807, 2.05) is 12.1 Å². The lowest BCUT2D eigenvalue weighted by molar-refractivity contribution is 0.336. The number of hydrogen-bond donors (Lipinski definition) is 0. The number of rotatable bonds is 6. The van der Waals surface area contributed by atoms with Gasteiger partial charge in [0.15, 0.2) is 0 Å². The lowest BCUT2D eigenvalue weighted by atomic mass is 10.2. The zero-order valence-electron chi connectivity index (χ0n) is 13.5. The van der Waals surface area contributed by atoms with Gasteiger partial charge in [-0.1, -0.05) is 59.2 Å². The van der Waals surface area contributed by atoms with E-state index in [-0.39, 0.29) is 18.2 Å². The minimum Gasteiger partial charge on any atom is -0.338 e. The van der Waals surface area contributed by atoms with Gasteiger partial charge in [-0.15, -0.1) is 0 Å². The molecule has 0 aliphatic rings. The Bertz CT molecular complexity index is 958. The molecule has 0 saturated heterocycles. The Morgan fingerprint density at radius 1 is 1.08 bits per heavy atom. The molecule has 0 fully saturated rings. The van der Waals surface area contributed by atoms with Gasteiger partial charge in [0, 0.05) is 12.6 Å². The van der Waals surface area contributed by atoms with Crippen molar-refractivity contribution in [3.8, 4) is 11.4 Å². The Kier molecular flexibility index (Phi) is 5.17. The van der Waals surface area contributed by atoms with Gasteiger partial charge in [-0.2, -0.15) is 9.29 Å².